The van der Waals surface area contributed by atoms with E-state index in [4.69, 9.17) is 0 Å². The maximum atomic E-state index is 4.62. The van der Waals surface area contributed by atoms with Gasteiger partial charge in [0.1, 0.15) is 0 Å². The maximum Gasteiger partial charge on any atom is 0.0885 e. The first-order valence-electron chi connectivity index (χ1n) is 10.9. The molecule has 6 rings (SSSR count). The molecular weight excluding hydrogens is 378 g/mol. The van der Waals surface area contributed by atoms with E-state index in [1.54, 1.807) is 12.4 Å². The van der Waals surface area contributed by atoms with E-state index in [9.17, 15) is 0 Å². The van der Waals surface area contributed by atoms with Gasteiger partial charge in [0.15, 0.2) is 0 Å². The Bertz CT molecular complexity index is 1250. The first-order valence-corrected chi connectivity index (χ1v) is 10.9. The summed E-state index contributed by atoms with van der Waals surface area (Å²) in [7, 11) is 0. The smallest absolute Gasteiger partial charge is 0.0885 e. The predicted molar refractivity (Wildman–Crippen MR) is 126 cm³/mol. The normalized spacial score (nSPS) is 16.8. The lowest BCUT2D eigenvalue weighted by Crippen LogP contribution is -2.38. The number of benzene rings is 3. The summed E-state index contributed by atoms with van der Waals surface area (Å²) >= 11 is 0. The Kier molecular flexibility index (Phi) is 3.57. The molecule has 0 unspecified atom stereocenters. The summed E-state index contributed by atoms with van der Waals surface area (Å²) in [5.41, 5.74) is 11.0. The summed E-state index contributed by atoms with van der Waals surface area (Å²) in [6.07, 6.45) is 5.36. The van der Waals surface area contributed by atoms with Crippen LogP contribution in [0.4, 0.5) is 17.1 Å². The fourth-order valence-corrected chi connectivity index (χ4v) is 5.48. The molecule has 0 fully saturated rings. The summed E-state index contributed by atoms with van der Waals surface area (Å²) in [4.78, 5) is 11.4. The molecular formula is C28H25N3. The van der Waals surface area contributed by atoms with Crippen LogP contribution in [0.15, 0.2) is 79.3 Å². The van der Waals surface area contributed by atoms with Gasteiger partial charge in [0.25, 0.3) is 0 Å². The quantitative estimate of drug-likeness (QED) is 0.346. The molecule has 0 saturated heterocycles. The van der Waals surface area contributed by atoms with Crippen LogP contribution >= 0.6 is 0 Å². The lowest BCUT2D eigenvalue weighted by Gasteiger charge is -2.49. The zero-order chi connectivity index (χ0) is 21.4. The van der Waals surface area contributed by atoms with E-state index in [0.717, 1.165) is 11.3 Å². The number of para-hydroxylation sites is 2. The Morgan fingerprint density at radius 3 is 1.74 bits per heavy atom. The van der Waals surface area contributed by atoms with Gasteiger partial charge in [0.05, 0.1) is 29.0 Å². The van der Waals surface area contributed by atoms with E-state index in [0.29, 0.717) is 0 Å². The number of aromatic nitrogens is 2. The van der Waals surface area contributed by atoms with Crippen molar-refractivity contribution >= 4 is 17.1 Å². The maximum absolute atomic E-state index is 4.62. The topological polar surface area (TPSA) is 29.0 Å². The van der Waals surface area contributed by atoms with Crippen LogP contribution < -0.4 is 4.90 Å². The minimum absolute atomic E-state index is 0.127. The van der Waals surface area contributed by atoms with E-state index in [-0.39, 0.29) is 10.8 Å². The Labute approximate surface area is 183 Å². The standard InChI is InChI=1S/C28H25N3/c1-27(2)19-9-5-7-11-24(19)31-25-12-8-6-10-20(25)28(3,4)22-16-18(15-21(27)26(22)31)23-17-29-13-14-30-23/h5-17H,1-4H3. The molecule has 3 nitrogen and oxygen atoms in total. The van der Waals surface area contributed by atoms with Crippen molar-refractivity contribution in [2.45, 2.75) is 38.5 Å². The third-order valence-corrected chi connectivity index (χ3v) is 7.18. The average Bonchev–Trinajstić information content (AvgIpc) is 2.79. The van der Waals surface area contributed by atoms with Crippen molar-refractivity contribution in [1.82, 2.24) is 9.97 Å². The molecule has 3 heteroatoms. The minimum atomic E-state index is -0.127. The highest BCUT2D eigenvalue weighted by atomic mass is 15.2. The fourth-order valence-electron chi connectivity index (χ4n) is 5.48. The molecule has 1 aromatic heterocycles. The molecule has 0 saturated carbocycles. The summed E-state index contributed by atoms with van der Waals surface area (Å²) in [5.74, 6) is 0. The van der Waals surface area contributed by atoms with Crippen LogP contribution in [0.1, 0.15) is 49.9 Å². The van der Waals surface area contributed by atoms with E-state index in [1.165, 1.54) is 39.3 Å². The minimum Gasteiger partial charge on any atom is -0.309 e. The summed E-state index contributed by atoms with van der Waals surface area (Å²) in [6.45, 7) is 9.36. The van der Waals surface area contributed by atoms with E-state index >= 15 is 0 Å². The highest BCUT2D eigenvalue weighted by Crippen LogP contribution is 2.60. The van der Waals surface area contributed by atoms with Crippen LogP contribution in [0, 0.1) is 0 Å². The first-order chi connectivity index (χ1) is 14.9. The van der Waals surface area contributed by atoms with Crippen molar-refractivity contribution in [2.75, 3.05) is 4.90 Å². The molecule has 2 aliphatic heterocycles. The van der Waals surface area contributed by atoms with Gasteiger partial charge >= 0.3 is 0 Å². The summed E-state index contributed by atoms with van der Waals surface area (Å²) in [5, 5.41) is 0. The van der Waals surface area contributed by atoms with Crippen LogP contribution in [0.3, 0.4) is 0 Å². The van der Waals surface area contributed by atoms with Gasteiger partial charge in [-0.3, -0.25) is 9.97 Å². The molecule has 0 amide bonds. The zero-order valence-electron chi connectivity index (χ0n) is 18.3. The first kappa shape index (κ1) is 18.3. The van der Waals surface area contributed by atoms with Gasteiger partial charge in [-0.05, 0) is 46.5 Å². The Morgan fingerprint density at radius 2 is 1.23 bits per heavy atom. The third kappa shape index (κ3) is 2.35. The molecule has 0 spiro atoms. The number of anilines is 3. The Morgan fingerprint density at radius 1 is 0.677 bits per heavy atom. The zero-order valence-corrected chi connectivity index (χ0v) is 18.3. The second kappa shape index (κ2) is 6.04. The monoisotopic (exact) mass is 403 g/mol. The SMILES string of the molecule is CC1(C)c2ccccc2N2c3ccccc3C(C)(C)c3cc(-c4cnccn4)cc1c32. The van der Waals surface area contributed by atoms with Crippen molar-refractivity contribution in [2.24, 2.45) is 0 Å². The number of hydrogen-bond donors (Lipinski definition) is 0. The third-order valence-electron chi connectivity index (χ3n) is 7.18. The van der Waals surface area contributed by atoms with Crippen LogP contribution in [-0.2, 0) is 10.8 Å². The van der Waals surface area contributed by atoms with Crippen LogP contribution in [0.25, 0.3) is 11.3 Å². The molecule has 0 atom stereocenters. The van der Waals surface area contributed by atoms with Crippen molar-refractivity contribution < 1.29 is 0 Å². The summed E-state index contributed by atoms with van der Waals surface area (Å²) < 4.78 is 0. The average molecular weight is 404 g/mol. The van der Waals surface area contributed by atoms with Crippen molar-refractivity contribution in [3.63, 3.8) is 0 Å². The van der Waals surface area contributed by atoms with Gasteiger partial charge < -0.3 is 4.90 Å². The van der Waals surface area contributed by atoms with E-state index in [2.05, 4.69) is 103 Å². The highest BCUT2D eigenvalue weighted by molar-refractivity contribution is 5.93. The lowest BCUT2D eigenvalue weighted by molar-refractivity contribution is 0.597. The molecule has 0 radical (unpaired) electrons. The van der Waals surface area contributed by atoms with Gasteiger partial charge in [0.2, 0.25) is 0 Å². The van der Waals surface area contributed by atoms with Gasteiger partial charge in [-0.15, -0.1) is 0 Å². The largest absolute Gasteiger partial charge is 0.309 e. The molecule has 0 N–H and O–H groups in total. The second-order valence-electron chi connectivity index (χ2n) is 9.63. The van der Waals surface area contributed by atoms with Gasteiger partial charge in [-0.25, -0.2) is 0 Å². The van der Waals surface area contributed by atoms with Gasteiger partial charge in [0, 0.05) is 28.8 Å². The van der Waals surface area contributed by atoms with Gasteiger partial charge in [-0.2, -0.15) is 0 Å². The number of rotatable bonds is 1. The molecule has 4 aromatic rings. The molecule has 2 aliphatic rings. The Balaban J connectivity index is 1.77. The molecule has 152 valence electrons. The van der Waals surface area contributed by atoms with E-state index < -0.39 is 0 Å². The number of hydrogen-bond acceptors (Lipinski definition) is 3. The number of fused-ring (bicyclic) bond motifs is 4. The molecule has 3 aromatic carbocycles. The van der Waals surface area contributed by atoms with Crippen molar-refractivity contribution in [1.29, 1.82) is 0 Å². The van der Waals surface area contributed by atoms with Gasteiger partial charge in [-0.1, -0.05) is 64.1 Å². The molecule has 3 heterocycles. The lowest BCUT2D eigenvalue weighted by atomic mass is 9.66. The highest BCUT2D eigenvalue weighted by Gasteiger charge is 2.45. The second-order valence-corrected chi connectivity index (χ2v) is 9.63. The van der Waals surface area contributed by atoms with Crippen molar-refractivity contribution in [3.05, 3.63) is 102 Å². The molecule has 0 aliphatic carbocycles. The van der Waals surface area contributed by atoms with Crippen LogP contribution in [-0.4, -0.2) is 9.97 Å². The predicted octanol–water partition coefficient (Wildman–Crippen LogP) is 6.89. The molecule has 31 heavy (non-hydrogen) atoms. The molecule has 0 bridgehead atoms. The fraction of sp³-hybridized carbons (Fsp3) is 0.214. The van der Waals surface area contributed by atoms with E-state index in [1.807, 2.05) is 6.20 Å². The van der Waals surface area contributed by atoms with Crippen molar-refractivity contribution in [3.8, 4) is 11.3 Å². The van der Waals surface area contributed by atoms with Crippen LogP contribution in [0.5, 0.6) is 0 Å². The van der Waals surface area contributed by atoms with Crippen LogP contribution in [0.2, 0.25) is 0 Å². The number of nitrogens with zero attached hydrogens (tertiary/aromatic N) is 3. The Hall–Kier alpha value is -3.46. The summed E-state index contributed by atoms with van der Waals surface area (Å²) in [6, 6.07) is 22.3.